The van der Waals surface area contributed by atoms with Gasteiger partial charge in [0, 0.05) is 6.54 Å². The van der Waals surface area contributed by atoms with Gasteiger partial charge in [-0.2, -0.15) is 0 Å². The van der Waals surface area contributed by atoms with Crippen LogP contribution in [0.4, 0.5) is 8.78 Å². The van der Waals surface area contributed by atoms with Crippen molar-refractivity contribution in [1.29, 1.82) is 0 Å². The van der Waals surface area contributed by atoms with Gasteiger partial charge in [0.2, 0.25) is 0 Å². The minimum atomic E-state index is -0.645. The first-order valence-corrected chi connectivity index (χ1v) is 4.94. The van der Waals surface area contributed by atoms with Gasteiger partial charge in [-0.3, -0.25) is 0 Å². The van der Waals surface area contributed by atoms with Gasteiger partial charge in [0.15, 0.2) is 17.4 Å². The van der Waals surface area contributed by atoms with Gasteiger partial charge >= 0.3 is 0 Å². The summed E-state index contributed by atoms with van der Waals surface area (Å²) >= 11 is 0. The van der Waals surface area contributed by atoms with E-state index in [1.807, 2.05) is 6.92 Å². The summed E-state index contributed by atoms with van der Waals surface area (Å²) in [5.41, 5.74) is 0.566. The predicted octanol–water partition coefficient (Wildman–Crippen LogP) is 2.47. The van der Waals surface area contributed by atoms with Crippen LogP contribution < -0.4 is 10.1 Å². The van der Waals surface area contributed by atoms with Crippen molar-refractivity contribution in [1.82, 2.24) is 5.32 Å². The highest BCUT2D eigenvalue weighted by Gasteiger charge is 2.11. The first kappa shape index (κ1) is 11.9. The molecule has 1 aromatic rings. The molecule has 0 unspecified atom stereocenters. The number of hydrogen-bond acceptors (Lipinski definition) is 2. The molecule has 0 aromatic heterocycles. The highest BCUT2D eigenvalue weighted by Crippen LogP contribution is 2.23. The molecule has 0 aliphatic carbocycles. The van der Waals surface area contributed by atoms with Crippen LogP contribution in [-0.4, -0.2) is 13.7 Å². The first-order chi connectivity index (χ1) is 7.19. The summed E-state index contributed by atoms with van der Waals surface area (Å²) < 4.78 is 31.7. The maximum absolute atomic E-state index is 13.4. The third kappa shape index (κ3) is 3.16. The quantitative estimate of drug-likeness (QED) is 0.814. The lowest BCUT2D eigenvalue weighted by atomic mass is 10.2. The smallest absolute Gasteiger partial charge is 0.190 e. The molecule has 0 radical (unpaired) electrons. The van der Waals surface area contributed by atoms with Crippen LogP contribution in [0.2, 0.25) is 0 Å². The topological polar surface area (TPSA) is 21.3 Å². The third-order valence-electron chi connectivity index (χ3n) is 1.89. The average molecular weight is 215 g/mol. The molecule has 84 valence electrons. The van der Waals surface area contributed by atoms with E-state index in [1.165, 1.54) is 12.1 Å². The van der Waals surface area contributed by atoms with Crippen molar-refractivity contribution in [2.24, 2.45) is 0 Å². The maximum atomic E-state index is 13.4. The summed E-state index contributed by atoms with van der Waals surface area (Å²) in [4.78, 5) is 0. The molecule has 0 aliphatic rings. The fourth-order valence-corrected chi connectivity index (χ4v) is 1.26. The van der Waals surface area contributed by atoms with Crippen LogP contribution in [-0.2, 0) is 6.54 Å². The molecule has 1 rings (SSSR count). The second kappa shape index (κ2) is 5.66. The normalized spacial score (nSPS) is 10.4. The molecule has 0 atom stereocenters. The Morgan fingerprint density at radius 2 is 1.87 bits per heavy atom. The SMILES string of the molecule is CCCOc1c(F)cc(CNC)cc1F. The molecule has 2 nitrogen and oxygen atoms in total. The van der Waals surface area contributed by atoms with E-state index in [9.17, 15) is 8.78 Å². The fraction of sp³-hybridized carbons (Fsp3) is 0.455. The molecule has 0 saturated carbocycles. The Labute approximate surface area is 88.3 Å². The van der Waals surface area contributed by atoms with Crippen LogP contribution in [0.5, 0.6) is 5.75 Å². The number of nitrogens with one attached hydrogen (secondary N) is 1. The molecular formula is C11H15F2NO. The van der Waals surface area contributed by atoms with Crippen molar-refractivity contribution in [3.05, 3.63) is 29.3 Å². The van der Waals surface area contributed by atoms with Gasteiger partial charge in [-0.1, -0.05) is 6.92 Å². The van der Waals surface area contributed by atoms with Crippen LogP contribution >= 0.6 is 0 Å². The zero-order valence-corrected chi connectivity index (χ0v) is 8.94. The third-order valence-corrected chi connectivity index (χ3v) is 1.89. The van der Waals surface area contributed by atoms with Gasteiger partial charge in [0.25, 0.3) is 0 Å². The van der Waals surface area contributed by atoms with Crippen molar-refractivity contribution in [3.8, 4) is 5.75 Å². The fourth-order valence-electron chi connectivity index (χ4n) is 1.26. The summed E-state index contributed by atoms with van der Waals surface area (Å²) in [6.07, 6.45) is 0.719. The van der Waals surface area contributed by atoms with E-state index in [1.54, 1.807) is 7.05 Å². The van der Waals surface area contributed by atoms with Crippen LogP contribution in [0.25, 0.3) is 0 Å². The molecule has 0 saturated heterocycles. The van der Waals surface area contributed by atoms with E-state index in [0.29, 0.717) is 18.7 Å². The van der Waals surface area contributed by atoms with Gasteiger partial charge in [-0.25, -0.2) is 8.78 Å². The lowest BCUT2D eigenvalue weighted by molar-refractivity contribution is 0.284. The van der Waals surface area contributed by atoms with E-state index in [4.69, 9.17) is 4.74 Å². The predicted molar refractivity (Wildman–Crippen MR) is 54.9 cm³/mol. The van der Waals surface area contributed by atoms with Crippen molar-refractivity contribution in [2.75, 3.05) is 13.7 Å². The molecule has 0 aliphatic heterocycles. The minimum absolute atomic E-state index is 0.281. The molecule has 0 amide bonds. The van der Waals surface area contributed by atoms with Crippen molar-refractivity contribution < 1.29 is 13.5 Å². The Bertz CT molecular complexity index is 305. The highest BCUT2D eigenvalue weighted by atomic mass is 19.1. The van der Waals surface area contributed by atoms with Crippen LogP contribution in [0, 0.1) is 11.6 Å². The Morgan fingerprint density at radius 3 is 2.33 bits per heavy atom. The Balaban J connectivity index is 2.88. The van der Waals surface area contributed by atoms with Crippen LogP contribution in [0.15, 0.2) is 12.1 Å². The average Bonchev–Trinajstić information content (AvgIpc) is 2.17. The summed E-state index contributed by atoms with van der Waals surface area (Å²) in [7, 11) is 1.72. The molecule has 4 heteroatoms. The number of hydrogen-bond donors (Lipinski definition) is 1. The van der Waals surface area contributed by atoms with Crippen molar-refractivity contribution >= 4 is 0 Å². The van der Waals surface area contributed by atoms with E-state index in [-0.39, 0.29) is 5.75 Å². The molecule has 0 spiro atoms. The van der Waals surface area contributed by atoms with Crippen molar-refractivity contribution in [3.63, 3.8) is 0 Å². The standard InChI is InChI=1S/C11H15F2NO/c1-3-4-15-11-9(12)5-8(7-14-2)6-10(11)13/h5-6,14H,3-4,7H2,1-2H3. The van der Waals surface area contributed by atoms with E-state index in [0.717, 1.165) is 6.42 Å². The lowest BCUT2D eigenvalue weighted by Crippen LogP contribution is -2.07. The van der Waals surface area contributed by atoms with Gasteiger partial charge < -0.3 is 10.1 Å². The largest absolute Gasteiger partial charge is 0.488 e. The first-order valence-electron chi connectivity index (χ1n) is 4.94. The zero-order chi connectivity index (χ0) is 11.3. The Kier molecular flexibility index (Phi) is 4.49. The molecule has 0 fully saturated rings. The van der Waals surface area contributed by atoms with Crippen LogP contribution in [0.3, 0.4) is 0 Å². The summed E-state index contributed by atoms with van der Waals surface area (Å²) in [5.74, 6) is -1.57. The lowest BCUT2D eigenvalue weighted by Gasteiger charge is -2.09. The zero-order valence-electron chi connectivity index (χ0n) is 8.94. The second-order valence-corrected chi connectivity index (χ2v) is 3.27. The van der Waals surface area contributed by atoms with Gasteiger partial charge in [-0.05, 0) is 31.2 Å². The van der Waals surface area contributed by atoms with Crippen molar-refractivity contribution in [2.45, 2.75) is 19.9 Å². The maximum Gasteiger partial charge on any atom is 0.190 e. The number of rotatable bonds is 5. The van der Waals surface area contributed by atoms with E-state index in [2.05, 4.69) is 5.32 Å². The molecule has 0 bridgehead atoms. The molecule has 1 aromatic carbocycles. The molecular weight excluding hydrogens is 200 g/mol. The van der Waals surface area contributed by atoms with Gasteiger partial charge in [0.1, 0.15) is 0 Å². The summed E-state index contributed by atoms with van der Waals surface area (Å²) in [6, 6.07) is 2.56. The number of benzene rings is 1. The highest BCUT2D eigenvalue weighted by molar-refractivity contribution is 5.31. The van der Waals surface area contributed by atoms with Crippen LogP contribution in [0.1, 0.15) is 18.9 Å². The summed E-state index contributed by atoms with van der Waals surface area (Å²) in [6.45, 7) is 2.63. The Hall–Kier alpha value is -1.16. The number of ether oxygens (including phenoxy) is 1. The van der Waals surface area contributed by atoms with Gasteiger partial charge in [-0.15, -0.1) is 0 Å². The van der Waals surface area contributed by atoms with E-state index < -0.39 is 11.6 Å². The number of halogens is 2. The monoisotopic (exact) mass is 215 g/mol. The van der Waals surface area contributed by atoms with Gasteiger partial charge in [0.05, 0.1) is 6.61 Å². The molecule has 1 N–H and O–H groups in total. The molecule has 15 heavy (non-hydrogen) atoms. The molecule has 0 heterocycles. The Morgan fingerprint density at radius 1 is 1.27 bits per heavy atom. The van der Waals surface area contributed by atoms with E-state index >= 15 is 0 Å². The second-order valence-electron chi connectivity index (χ2n) is 3.27. The summed E-state index contributed by atoms with van der Waals surface area (Å²) in [5, 5.41) is 2.83. The minimum Gasteiger partial charge on any atom is -0.488 e.